The first-order valence-corrected chi connectivity index (χ1v) is 9.95. The number of amides is 1. The molecule has 6 heteroatoms. The molecule has 0 spiro atoms. The van der Waals surface area contributed by atoms with Crippen molar-refractivity contribution in [3.63, 3.8) is 0 Å². The topological polar surface area (TPSA) is 67.8 Å². The van der Waals surface area contributed by atoms with Crippen molar-refractivity contribution < 1.29 is 9.90 Å². The Morgan fingerprint density at radius 1 is 1.12 bits per heavy atom. The summed E-state index contributed by atoms with van der Waals surface area (Å²) < 4.78 is 0. The van der Waals surface area contributed by atoms with Crippen molar-refractivity contribution >= 4 is 5.91 Å². The number of hydrazine groups is 1. The van der Waals surface area contributed by atoms with Gasteiger partial charge in [-0.3, -0.25) is 20.5 Å². The number of nitrogens with one attached hydrogen (secondary N) is 2. The van der Waals surface area contributed by atoms with Gasteiger partial charge in [0.1, 0.15) is 0 Å². The highest BCUT2D eigenvalue weighted by Crippen LogP contribution is 2.27. The number of carbonyl (C=O) groups excluding carboxylic acids is 1. The first-order valence-electron chi connectivity index (χ1n) is 9.95. The third-order valence-electron chi connectivity index (χ3n) is 6.26. The Hall–Kier alpha value is -1.47. The van der Waals surface area contributed by atoms with Gasteiger partial charge in [-0.15, -0.1) is 0 Å². The first-order chi connectivity index (χ1) is 12.8. The predicted octanol–water partition coefficient (Wildman–Crippen LogP) is 0.727. The summed E-state index contributed by atoms with van der Waals surface area (Å²) in [6.45, 7) is 3.50. The molecule has 4 atom stereocenters. The van der Waals surface area contributed by atoms with Crippen LogP contribution in [-0.2, 0) is 11.3 Å². The summed E-state index contributed by atoms with van der Waals surface area (Å²) >= 11 is 0. The number of benzene rings is 1. The highest BCUT2D eigenvalue weighted by atomic mass is 16.3. The fraction of sp³-hybridized carbons (Fsp3) is 0.650. The number of likely N-dealkylation sites (tertiary alicyclic amines) is 2. The van der Waals surface area contributed by atoms with Gasteiger partial charge in [0.2, 0.25) is 5.91 Å². The summed E-state index contributed by atoms with van der Waals surface area (Å²) in [4.78, 5) is 17.7. The van der Waals surface area contributed by atoms with Gasteiger partial charge in [0.15, 0.2) is 0 Å². The minimum absolute atomic E-state index is 0.00426. The van der Waals surface area contributed by atoms with Gasteiger partial charge < -0.3 is 10.0 Å². The minimum Gasteiger partial charge on any atom is -0.395 e. The fourth-order valence-electron chi connectivity index (χ4n) is 4.76. The molecular formula is C20H30N4O2. The number of aliphatic hydroxyl groups excluding tert-OH is 1. The number of aliphatic hydroxyl groups is 1. The third-order valence-corrected chi connectivity index (χ3v) is 6.26. The average molecular weight is 358 g/mol. The van der Waals surface area contributed by atoms with E-state index in [0.717, 1.165) is 45.4 Å². The Bertz CT molecular complexity index is 605. The van der Waals surface area contributed by atoms with Crippen molar-refractivity contribution in [2.75, 3.05) is 26.2 Å². The number of hydrogen-bond donors (Lipinski definition) is 3. The van der Waals surface area contributed by atoms with Crippen LogP contribution in [0.2, 0.25) is 0 Å². The molecule has 26 heavy (non-hydrogen) atoms. The first kappa shape index (κ1) is 17.9. The number of piperidine rings is 2. The zero-order chi connectivity index (χ0) is 17.9. The largest absolute Gasteiger partial charge is 0.395 e. The SMILES string of the molecule is O=C(C1CCCCN1Cc1ccccc1)N1CCC2NNC(CO)C2C1. The van der Waals surface area contributed by atoms with E-state index in [4.69, 9.17) is 0 Å². The molecule has 3 heterocycles. The minimum atomic E-state index is -0.00426. The standard InChI is InChI=1S/C20H30N4O2/c25-14-18-16-13-24(11-9-17(16)21-22-18)20(26)19-8-4-5-10-23(19)12-15-6-2-1-3-7-15/h1-3,6-7,16-19,21-22,25H,4-5,8-14H2. The normalized spacial score (nSPS) is 32.4. The molecule has 0 aliphatic carbocycles. The molecule has 3 aliphatic rings. The second-order valence-corrected chi connectivity index (χ2v) is 7.89. The molecule has 3 fully saturated rings. The molecule has 6 nitrogen and oxygen atoms in total. The Morgan fingerprint density at radius 2 is 1.96 bits per heavy atom. The third kappa shape index (κ3) is 3.64. The molecule has 3 aliphatic heterocycles. The molecule has 3 saturated heterocycles. The molecule has 0 saturated carbocycles. The Labute approximate surface area is 155 Å². The van der Waals surface area contributed by atoms with E-state index in [1.807, 2.05) is 11.0 Å². The van der Waals surface area contributed by atoms with Crippen molar-refractivity contribution in [3.8, 4) is 0 Å². The van der Waals surface area contributed by atoms with Crippen molar-refractivity contribution in [1.82, 2.24) is 20.7 Å². The highest BCUT2D eigenvalue weighted by molar-refractivity contribution is 5.82. The molecule has 0 bridgehead atoms. The smallest absolute Gasteiger partial charge is 0.239 e. The number of hydrogen-bond acceptors (Lipinski definition) is 5. The molecule has 142 valence electrons. The number of rotatable bonds is 4. The lowest BCUT2D eigenvalue weighted by molar-refractivity contribution is -0.140. The van der Waals surface area contributed by atoms with E-state index in [1.165, 1.54) is 12.0 Å². The van der Waals surface area contributed by atoms with Crippen LogP contribution >= 0.6 is 0 Å². The maximum Gasteiger partial charge on any atom is 0.239 e. The van der Waals surface area contributed by atoms with Gasteiger partial charge in [0.25, 0.3) is 0 Å². The van der Waals surface area contributed by atoms with Gasteiger partial charge in [-0.1, -0.05) is 36.8 Å². The van der Waals surface area contributed by atoms with E-state index in [9.17, 15) is 9.90 Å². The molecule has 4 unspecified atom stereocenters. The molecule has 4 rings (SSSR count). The van der Waals surface area contributed by atoms with Crippen LogP contribution in [0.5, 0.6) is 0 Å². The van der Waals surface area contributed by atoms with Crippen molar-refractivity contribution in [1.29, 1.82) is 0 Å². The van der Waals surface area contributed by atoms with Crippen molar-refractivity contribution in [3.05, 3.63) is 35.9 Å². The van der Waals surface area contributed by atoms with Gasteiger partial charge in [0, 0.05) is 31.6 Å². The lowest BCUT2D eigenvalue weighted by atomic mass is 9.88. The van der Waals surface area contributed by atoms with Crippen LogP contribution in [-0.4, -0.2) is 65.2 Å². The molecule has 1 aromatic carbocycles. The lowest BCUT2D eigenvalue weighted by Crippen LogP contribution is -2.55. The molecule has 3 N–H and O–H groups in total. The van der Waals surface area contributed by atoms with E-state index >= 15 is 0 Å². The summed E-state index contributed by atoms with van der Waals surface area (Å²) in [5.41, 5.74) is 7.74. The van der Waals surface area contributed by atoms with Crippen LogP contribution < -0.4 is 10.9 Å². The predicted molar refractivity (Wildman–Crippen MR) is 100 cm³/mol. The molecule has 0 aromatic heterocycles. The summed E-state index contributed by atoms with van der Waals surface area (Å²) in [7, 11) is 0. The lowest BCUT2D eigenvalue weighted by Gasteiger charge is -2.41. The van der Waals surface area contributed by atoms with E-state index in [0.29, 0.717) is 12.0 Å². The number of fused-ring (bicyclic) bond motifs is 1. The van der Waals surface area contributed by atoms with Crippen molar-refractivity contribution in [2.24, 2.45) is 5.92 Å². The second kappa shape index (κ2) is 8.05. The summed E-state index contributed by atoms with van der Waals surface area (Å²) in [5.74, 6) is 0.575. The Balaban J connectivity index is 1.43. The maximum atomic E-state index is 13.3. The highest BCUT2D eigenvalue weighted by Gasteiger charge is 2.42. The average Bonchev–Trinajstić information content (AvgIpc) is 3.11. The van der Waals surface area contributed by atoms with Gasteiger partial charge >= 0.3 is 0 Å². The van der Waals surface area contributed by atoms with Gasteiger partial charge in [-0.2, -0.15) is 0 Å². The number of nitrogens with zero attached hydrogens (tertiary/aromatic N) is 2. The summed E-state index contributed by atoms with van der Waals surface area (Å²) in [6.07, 6.45) is 4.20. The Kier molecular flexibility index (Phi) is 5.55. The van der Waals surface area contributed by atoms with Crippen LogP contribution in [0, 0.1) is 5.92 Å². The molecule has 1 aromatic rings. The van der Waals surface area contributed by atoms with Crippen LogP contribution in [0.15, 0.2) is 30.3 Å². The quantitative estimate of drug-likeness (QED) is 0.740. The summed E-state index contributed by atoms with van der Waals surface area (Å²) in [6, 6.07) is 10.9. The van der Waals surface area contributed by atoms with Gasteiger partial charge in [-0.25, -0.2) is 0 Å². The van der Waals surface area contributed by atoms with E-state index < -0.39 is 0 Å². The monoisotopic (exact) mass is 358 g/mol. The Morgan fingerprint density at radius 3 is 2.77 bits per heavy atom. The van der Waals surface area contributed by atoms with E-state index in [-0.39, 0.29) is 24.6 Å². The van der Waals surface area contributed by atoms with E-state index in [1.54, 1.807) is 0 Å². The zero-order valence-corrected chi connectivity index (χ0v) is 15.3. The van der Waals surface area contributed by atoms with E-state index in [2.05, 4.69) is 40.0 Å². The van der Waals surface area contributed by atoms with Crippen molar-refractivity contribution in [2.45, 2.75) is 50.4 Å². The van der Waals surface area contributed by atoms with Crippen LogP contribution in [0.3, 0.4) is 0 Å². The van der Waals surface area contributed by atoms with Crippen LogP contribution in [0.1, 0.15) is 31.2 Å². The fourth-order valence-corrected chi connectivity index (χ4v) is 4.76. The molecule has 1 amide bonds. The summed E-state index contributed by atoms with van der Waals surface area (Å²) in [5, 5.41) is 9.57. The van der Waals surface area contributed by atoms with Gasteiger partial charge in [0.05, 0.1) is 18.7 Å². The van der Waals surface area contributed by atoms with Crippen LogP contribution in [0.25, 0.3) is 0 Å². The maximum absolute atomic E-state index is 13.3. The number of carbonyl (C=O) groups is 1. The second-order valence-electron chi connectivity index (χ2n) is 7.89. The molecular weight excluding hydrogens is 328 g/mol. The molecule has 0 radical (unpaired) electrons. The van der Waals surface area contributed by atoms with Crippen LogP contribution in [0.4, 0.5) is 0 Å². The van der Waals surface area contributed by atoms with Gasteiger partial charge in [-0.05, 0) is 31.4 Å². The zero-order valence-electron chi connectivity index (χ0n) is 15.3.